The molecule has 0 aliphatic carbocycles. The number of phenolic OH excluding ortho intramolecular Hbond substituents is 1. The van der Waals surface area contributed by atoms with Crippen molar-refractivity contribution in [2.75, 3.05) is 0 Å². The molecule has 0 aliphatic heterocycles. The fourth-order valence-corrected chi connectivity index (χ4v) is 1.18. The Balaban J connectivity index is 0.000000221. The molecule has 4 N–H and O–H groups in total. The normalized spacial score (nSPS) is 10.7. The first-order valence-electron chi connectivity index (χ1n) is 4.32. The Morgan fingerprint density at radius 1 is 0.875 bits per heavy atom. The van der Waals surface area contributed by atoms with Crippen molar-refractivity contribution in [2.45, 2.75) is 0 Å². The second-order valence-electron chi connectivity index (χ2n) is 3.04. The molecule has 2 aromatic carbocycles. The van der Waals surface area contributed by atoms with Crippen LogP contribution in [-0.4, -0.2) is 19.8 Å². The van der Waals surface area contributed by atoms with Crippen LogP contribution in [0.4, 0.5) is 0 Å². The van der Waals surface area contributed by atoms with Gasteiger partial charge in [0.25, 0.3) is 0 Å². The molecule has 6 heteroatoms. The number of fused-ring (bicyclic) bond motifs is 1. The first-order valence-corrected chi connectivity index (χ1v) is 5.89. The van der Waals surface area contributed by atoms with Gasteiger partial charge in [0.2, 0.25) is 0 Å². The van der Waals surface area contributed by atoms with Gasteiger partial charge in [-0.15, -0.1) is 0 Å². The van der Waals surface area contributed by atoms with Crippen molar-refractivity contribution in [3.8, 4) is 5.75 Å². The van der Waals surface area contributed by atoms with Gasteiger partial charge in [-0.3, -0.25) is 0 Å². The molecule has 2 aromatic rings. The largest absolute Gasteiger partial charge is 0.508 e. The number of aromatic hydroxyl groups is 1. The number of phosphoric acid groups is 1. The zero-order chi connectivity index (χ0) is 12.2. The van der Waals surface area contributed by atoms with Crippen molar-refractivity contribution in [3.63, 3.8) is 0 Å². The van der Waals surface area contributed by atoms with E-state index in [-0.39, 0.29) is 0 Å². The van der Waals surface area contributed by atoms with E-state index in [1.165, 1.54) is 0 Å². The quantitative estimate of drug-likeness (QED) is 0.526. The predicted octanol–water partition coefficient (Wildman–Crippen LogP) is 1.62. The minimum atomic E-state index is -4.64. The van der Waals surface area contributed by atoms with E-state index in [0.29, 0.717) is 5.75 Å². The molecule has 0 radical (unpaired) electrons. The molecule has 0 heterocycles. The molecule has 0 saturated carbocycles. The smallest absolute Gasteiger partial charge is 0.466 e. The van der Waals surface area contributed by atoms with Gasteiger partial charge in [0, 0.05) is 0 Å². The van der Waals surface area contributed by atoms with E-state index in [2.05, 4.69) is 0 Å². The van der Waals surface area contributed by atoms with Gasteiger partial charge in [0.15, 0.2) is 0 Å². The average molecular weight is 242 g/mol. The highest BCUT2D eigenvalue weighted by molar-refractivity contribution is 7.45. The highest BCUT2D eigenvalue weighted by Crippen LogP contribution is 2.25. The molecule has 86 valence electrons. The maximum atomic E-state index is 9.13. The number of benzene rings is 2. The Kier molecular flexibility index (Phi) is 4.04. The molecule has 0 saturated heterocycles. The highest BCUT2D eigenvalue weighted by Gasteiger charge is 2.00. The minimum Gasteiger partial charge on any atom is -0.508 e. The van der Waals surface area contributed by atoms with Crippen LogP contribution in [0.25, 0.3) is 10.8 Å². The first-order chi connectivity index (χ1) is 7.36. The van der Waals surface area contributed by atoms with Crippen LogP contribution < -0.4 is 0 Å². The molecular formula is C10H11O5P. The molecular weight excluding hydrogens is 231 g/mol. The lowest BCUT2D eigenvalue weighted by Crippen LogP contribution is -1.69. The third kappa shape index (κ3) is 4.91. The molecule has 0 amide bonds. The van der Waals surface area contributed by atoms with Crippen molar-refractivity contribution in [2.24, 2.45) is 0 Å². The van der Waals surface area contributed by atoms with E-state index in [1.54, 1.807) is 12.1 Å². The summed E-state index contributed by atoms with van der Waals surface area (Å²) in [7, 11) is -4.64. The van der Waals surface area contributed by atoms with Gasteiger partial charge in [0.1, 0.15) is 5.75 Å². The summed E-state index contributed by atoms with van der Waals surface area (Å²) in [5.41, 5.74) is 0. The van der Waals surface area contributed by atoms with Gasteiger partial charge in [-0.05, 0) is 22.9 Å². The van der Waals surface area contributed by atoms with Gasteiger partial charge in [-0.25, -0.2) is 4.57 Å². The molecule has 16 heavy (non-hydrogen) atoms. The number of hydrogen-bond donors (Lipinski definition) is 4. The fourth-order valence-electron chi connectivity index (χ4n) is 1.18. The highest BCUT2D eigenvalue weighted by atomic mass is 31.2. The third-order valence-electron chi connectivity index (χ3n) is 1.73. The second kappa shape index (κ2) is 5.09. The topological polar surface area (TPSA) is 98.0 Å². The molecule has 0 unspecified atom stereocenters. The van der Waals surface area contributed by atoms with E-state index in [4.69, 9.17) is 24.4 Å². The minimum absolute atomic E-state index is 0.323. The van der Waals surface area contributed by atoms with E-state index < -0.39 is 7.82 Å². The molecule has 0 spiro atoms. The van der Waals surface area contributed by atoms with Gasteiger partial charge in [0.05, 0.1) is 0 Å². The van der Waals surface area contributed by atoms with Crippen molar-refractivity contribution in [1.29, 1.82) is 0 Å². The van der Waals surface area contributed by atoms with E-state index in [0.717, 1.165) is 10.8 Å². The lowest BCUT2D eigenvalue weighted by molar-refractivity contribution is 0.275. The van der Waals surface area contributed by atoms with Crippen LogP contribution in [0.15, 0.2) is 42.5 Å². The molecule has 5 nitrogen and oxygen atoms in total. The second-order valence-corrected chi connectivity index (χ2v) is 4.07. The predicted molar refractivity (Wildman–Crippen MR) is 59.9 cm³/mol. The van der Waals surface area contributed by atoms with Crippen molar-refractivity contribution in [1.82, 2.24) is 0 Å². The summed E-state index contributed by atoms with van der Waals surface area (Å²) >= 11 is 0. The van der Waals surface area contributed by atoms with Crippen LogP contribution >= 0.6 is 7.82 Å². The van der Waals surface area contributed by atoms with Gasteiger partial charge in [-0.2, -0.15) is 0 Å². The van der Waals surface area contributed by atoms with Crippen LogP contribution in [0.1, 0.15) is 0 Å². The maximum absolute atomic E-state index is 9.13. The van der Waals surface area contributed by atoms with Crippen LogP contribution in [0.2, 0.25) is 0 Å². The molecule has 0 aliphatic rings. The van der Waals surface area contributed by atoms with Gasteiger partial charge in [-0.1, -0.05) is 30.3 Å². The Morgan fingerprint density at radius 3 is 1.94 bits per heavy atom. The van der Waals surface area contributed by atoms with Gasteiger partial charge < -0.3 is 19.8 Å². The summed E-state index contributed by atoms with van der Waals surface area (Å²) in [5, 5.41) is 11.4. The number of phenols is 1. The van der Waals surface area contributed by atoms with Crippen molar-refractivity contribution >= 4 is 18.6 Å². The Labute approximate surface area is 91.8 Å². The fraction of sp³-hybridized carbons (Fsp3) is 0. The lowest BCUT2D eigenvalue weighted by atomic mass is 10.1. The standard InChI is InChI=1S/C10H8O.H3O4P/c11-10-6-5-8-3-1-2-4-9(8)7-10;1-5(2,3)4/h1-7,11H;(H3,1,2,3,4). The molecule has 0 bridgehead atoms. The zero-order valence-corrected chi connectivity index (χ0v) is 9.08. The number of hydrogen-bond acceptors (Lipinski definition) is 2. The first kappa shape index (κ1) is 12.7. The maximum Gasteiger partial charge on any atom is 0.466 e. The molecule has 0 atom stereocenters. The summed E-state index contributed by atoms with van der Waals surface area (Å²) < 4.78 is 8.88. The SMILES string of the molecule is O=P(O)(O)O.Oc1ccc2ccccc2c1. The summed E-state index contributed by atoms with van der Waals surface area (Å²) in [5.74, 6) is 0.323. The van der Waals surface area contributed by atoms with Gasteiger partial charge >= 0.3 is 7.82 Å². The van der Waals surface area contributed by atoms with E-state index in [1.807, 2.05) is 30.3 Å². The summed E-state index contributed by atoms with van der Waals surface area (Å²) in [6.45, 7) is 0. The molecule has 0 fully saturated rings. The lowest BCUT2D eigenvalue weighted by Gasteiger charge is -1.96. The van der Waals surface area contributed by atoms with Crippen LogP contribution in [0.5, 0.6) is 5.75 Å². The zero-order valence-electron chi connectivity index (χ0n) is 8.19. The van der Waals surface area contributed by atoms with Crippen LogP contribution in [0, 0.1) is 0 Å². The molecule has 0 aromatic heterocycles. The average Bonchev–Trinajstić information content (AvgIpc) is 2.15. The summed E-state index contributed by atoms with van der Waals surface area (Å²) in [6.07, 6.45) is 0. The number of rotatable bonds is 0. The summed E-state index contributed by atoms with van der Waals surface area (Å²) in [4.78, 5) is 21.6. The third-order valence-corrected chi connectivity index (χ3v) is 1.73. The van der Waals surface area contributed by atoms with Crippen LogP contribution in [-0.2, 0) is 4.57 Å². The molecule has 2 rings (SSSR count). The summed E-state index contributed by atoms with van der Waals surface area (Å²) in [6, 6.07) is 13.3. The van der Waals surface area contributed by atoms with Crippen molar-refractivity contribution < 1.29 is 24.4 Å². The van der Waals surface area contributed by atoms with E-state index >= 15 is 0 Å². The van der Waals surface area contributed by atoms with E-state index in [9.17, 15) is 0 Å². The monoisotopic (exact) mass is 242 g/mol. The Morgan fingerprint density at radius 2 is 1.38 bits per heavy atom. The Bertz CT molecular complexity index is 511. The van der Waals surface area contributed by atoms with Crippen molar-refractivity contribution in [3.05, 3.63) is 42.5 Å². The van der Waals surface area contributed by atoms with Crippen LogP contribution in [0.3, 0.4) is 0 Å². The Hall–Kier alpha value is -1.39.